The Morgan fingerprint density at radius 2 is 2.14 bits per heavy atom. The van der Waals surface area contributed by atoms with Gasteiger partial charge in [0.1, 0.15) is 5.75 Å². The molecule has 0 saturated carbocycles. The molecule has 0 aromatic heterocycles. The molecular weight excluding hydrogens is 264 g/mol. The third kappa shape index (κ3) is 4.99. The fraction of sp³-hybridized carbons (Fsp3) is 0.647. The van der Waals surface area contributed by atoms with E-state index in [1.165, 1.54) is 5.56 Å². The summed E-state index contributed by atoms with van der Waals surface area (Å²) in [5, 5.41) is 3.59. The van der Waals surface area contributed by atoms with E-state index in [1.54, 1.807) is 7.11 Å². The van der Waals surface area contributed by atoms with E-state index in [9.17, 15) is 0 Å². The van der Waals surface area contributed by atoms with Gasteiger partial charge in [0, 0.05) is 19.1 Å². The zero-order chi connectivity index (χ0) is 15.1. The number of nitrogens with one attached hydrogen (secondary N) is 1. The first-order valence-corrected chi connectivity index (χ1v) is 7.89. The summed E-state index contributed by atoms with van der Waals surface area (Å²) in [7, 11) is 3.87. The Bertz CT molecular complexity index is 408. The Kier molecular flexibility index (Phi) is 6.49. The highest BCUT2D eigenvalue weighted by Crippen LogP contribution is 2.16. The van der Waals surface area contributed by atoms with Crippen LogP contribution in [-0.2, 0) is 11.2 Å². The number of morpholine rings is 1. The highest BCUT2D eigenvalue weighted by Gasteiger charge is 2.25. The molecule has 2 rings (SSSR count). The molecule has 1 heterocycles. The number of hydrogen-bond donors (Lipinski definition) is 1. The summed E-state index contributed by atoms with van der Waals surface area (Å²) in [6.07, 6.45) is 2.45. The number of nitrogens with zero attached hydrogens (tertiary/aromatic N) is 1. The van der Waals surface area contributed by atoms with Gasteiger partial charge in [0.15, 0.2) is 0 Å². The van der Waals surface area contributed by atoms with Crippen molar-refractivity contribution >= 4 is 0 Å². The predicted octanol–water partition coefficient (Wildman–Crippen LogP) is 1.94. The van der Waals surface area contributed by atoms with Gasteiger partial charge < -0.3 is 19.7 Å². The van der Waals surface area contributed by atoms with Crippen LogP contribution in [0.25, 0.3) is 0 Å². The number of rotatable bonds is 7. The first-order chi connectivity index (χ1) is 10.2. The van der Waals surface area contributed by atoms with E-state index in [0.717, 1.165) is 44.8 Å². The molecule has 0 radical (unpaired) electrons. The molecular formula is C17H28N2O2. The molecule has 1 fully saturated rings. The van der Waals surface area contributed by atoms with E-state index >= 15 is 0 Å². The van der Waals surface area contributed by atoms with Crippen molar-refractivity contribution in [3.63, 3.8) is 0 Å². The van der Waals surface area contributed by atoms with Crippen LogP contribution < -0.4 is 10.1 Å². The highest BCUT2D eigenvalue weighted by atomic mass is 16.5. The maximum Gasteiger partial charge on any atom is 0.118 e. The van der Waals surface area contributed by atoms with Gasteiger partial charge in [0.2, 0.25) is 0 Å². The van der Waals surface area contributed by atoms with Crippen molar-refractivity contribution in [2.24, 2.45) is 0 Å². The number of methoxy groups -OCH3 is 1. The van der Waals surface area contributed by atoms with Crippen LogP contribution in [0.3, 0.4) is 0 Å². The lowest BCUT2D eigenvalue weighted by atomic mass is 10.00. The monoisotopic (exact) mass is 292 g/mol. The Balaban J connectivity index is 1.89. The van der Waals surface area contributed by atoms with Crippen LogP contribution in [-0.4, -0.2) is 57.4 Å². The third-order valence-electron chi connectivity index (χ3n) is 4.11. The van der Waals surface area contributed by atoms with Gasteiger partial charge in [-0.2, -0.15) is 0 Å². The van der Waals surface area contributed by atoms with Gasteiger partial charge in [-0.3, -0.25) is 0 Å². The molecule has 1 aromatic rings. The standard InChI is InChI=1S/C17H28N2O2/c1-4-18-16(17-13-19(2)11-12-21-17)10-7-14-5-8-15(20-3)9-6-14/h5-6,8-9,16-18H,4,7,10-13H2,1-3H3. The summed E-state index contributed by atoms with van der Waals surface area (Å²) >= 11 is 0. The molecule has 1 N–H and O–H groups in total. The number of hydrogen-bond acceptors (Lipinski definition) is 4. The summed E-state index contributed by atoms with van der Waals surface area (Å²) in [5.74, 6) is 0.916. The van der Waals surface area contributed by atoms with Gasteiger partial charge in [-0.1, -0.05) is 19.1 Å². The summed E-state index contributed by atoms with van der Waals surface area (Å²) in [5.41, 5.74) is 1.35. The molecule has 0 aliphatic carbocycles. The lowest BCUT2D eigenvalue weighted by Gasteiger charge is -2.35. The summed E-state index contributed by atoms with van der Waals surface area (Å²) in [4.78, 5) is 2.35. The van der Waals surface area contributed by atoms with Crippen molar-refractivity contribution in [3.05, 3.63) is 29.8 Å². The van der Waals surface area contributed by atoms with Gasteiger partial charge in [-0.15, -0.1) is 0 Å². The zero-order valence-corrected chi connectivity index (χ0v) is 13.5. The zero-order valence-electron chi connectivity index (χ0n) is 13.5. The number of aryl methyl sites for hydroxylation is 1. The minimum Gasteiger partial charge on any atom is -0.497 e. The first kappa shape index (κ1) is 16.3. The molecule has 118 valence electrons. The fourth-order valence-electron chi connectivity index (χ4n) is 2.85. The average molecular weight is 292 g/mol. The molecule has 1 saturated heterocycles. The Morgan fingerprint density at radius 1 is 1.38 bits per heavy atom. The molecule has 2 unspecified atom stereocenters. The Labute approximate surface area is 128 Å². The minimum absolute atomic E-state index is 0.293. The molecule has 4 nitrogen and oxygen atoms in total. The molecule has 0 amide bonds. The van der Waals surface area contributed by atoms with Gasteiger partial charge in [-0.25, -0.2) is 0 Å². The van der Waals surface area contributed by atoms with Crippen LogP contribution in [0.2, 0.25) is 0 Å². The summed E-state index contributed by atoms with van der Waals surface area (Å²) in [6.45, 7) is 6.03. The summed E-state index contributed by atoms with van der Waals surface area (Å²) in [6, 6.07) is 8.77. The quantitative estimate of drug-likeness (QED) is 0.833. The van der Waals surface area contributed by atoms with E-state index in [2.05, 4.69) is 36.3 Å². The second-order valence-electron chi connectivity index (χ2n) is 5.72. The van der Waals surface area contributed by atoms with Crippen molar-refractivity contribution in [1.29, 1.82) is 0 Å². The van der Waals surface area contributed by atoms with Crippen molar-refractivity contribution in [2.45, 2.75) is 31.9 Å². The van der Waals surface area contributed by atoms with Crippen molar-refractivity contribution in [3.8, 4) is 5.75 Å². The third-order valence-corrected chi connectivity index (χ3v) is 4.11. The van der Waals surface area contributed by atoms with Gasteiger partial charge in [0.25, 0.3) is 0 Å². The fourth-order valence-corrected chi connectivity index (χ4v) is 2.85. The van der Waals surface area contributed by atoms with Crippen LogP contribution in [0.4, 0.5) is 0 Å². The normalized spacial score (nSPS) is 21.2. The van der Waals surface area contributed by atoms with Gasteiger partial charge >= 0.3 is 0 Å². The van der Waals surface area contributed by atoms with Crippen LogP contribution in [0.5, 0.6) is 5.75 Å². The van der Waals surface area contributed by atoms with Crippen LogP contribution in [0.1, 0.15) is 18.9 Å². The molecule has 1 aromatic carbocycles. The van der Waals surface area contributed by atoms with E-state index < -0.39 is 0 Å². The molecule has 0 bridgehead atoms. The van der Waals surface area contributed by atoms with Crippen molar-refractivity contribution in [1.82, 2.24) is 10.2 Å². The van der Waals surface area contributed by atoms with E-state index in [0.29, 0.717) is 12.1 Å². The average Bonchev–Trinajstić information content (AvgIpc) is 2.52. The number of benzene rings is 1. The van der Waals surface area contributed by atoms with Crippen LogP contribution in [0.15, 0.2) is 24.3 Å². The number of ether oxygens (including phenoxy) is 2. The molecule has 4 heteroatoms. The van der Waals surface area contributed by atoms with Gasteiger partial charge in [0.05, 0.1) is 19.8 Å². The number of likely N-dealkylation sites (N-methyl/N-ethyl adjacent to an activating group) is 2. The topological polar surface area (TPSA) is 33.7 Å². The molecule has 0 spiro atoms. The highest BCUT2D eigenvalue weighted by molar-refractivity contribution is 5.27. The maximum absolute atomic E-state index is 5.96. The van der Waals surface area contributed by atoms with E-state index in [-0.39, 0.29) is 0 Å². The summed E-state index contributed by atoms with van der Waals surface area (Å²) < 4.78 is 11.2. The first-order valence-electron chi connectivity index (χ1n) is 7.89. The molecule has 1 aliphatic heterocycles. The van der Waals surface area contributed by atoms with Crippen molar-refractivity contribution in [2.75, 3.05) is 40.4 Å². The Morgan fingerprint density at radius 3 is 2.76 bits per heavy atom. The largest absolute Gasteiger partial charge is 0.497 e. The Hall–Kier alpha value is -1.10. The molecule has 2 atom stereocenters. The maximum atomic E-state index is 5.96. The van der Waals surface area contributed by atoms with Crippen molar-refractivity contribution < 1.29 is 9.47 Å². The SMILES string of the molecule is CCNC(CCc1ccc(OC)cc1)C1CN(C)CCO1. The smallest absolute Gasteiger partial charge is 0.118 e. The minimum atomic E-state index is 0.293. The lowest BCUT2D eigenvalue weighted by Crippen LogP contribution is -2.51. The van der Waals surface area contributed by atoms with Gasteiger partial charge in [-0.05, 0) is 44.1 Å². The predicted molar refractivity (Wildman–Crippen MR) is 86.0 cm³/mol. The molecule has 1 aliphatic rings. The van der Waals surface area contributed by atoms with Crippen LogP contribution >= 0.6 is 0 Å². The molecule has 21 heavy (non-hydrogen) atoms. The van der Waals surface area contributed by atoms with E-state index in [4.69, 9.17) is 9.47 Å². The second kappa shape index (κ2) is 8.37. The van der Waals surface area contributed by atoms with E-state index in [1.807, 2.05) is 12.1 Å². The lowest BCUT2D eigenvalue weighted by molar-refractivity contribution is -0.0395. The second-order valence-corrected chi connectivity index (χ2v) is 5.72. The van der Waals surface area contributed by atoms with Crippen LogP contribution in [0, 0.1) is 0 Å².